The van der Waals surface area contributed by atoms with Gasteiger partial charge >= 0.3 is 0 Å². The van der Waals surface area contributed by atoms with Crippen LogP contribution in [0.5, 0.6) is 0 Å². The zero-order chi connectivity index (χ0) is 11.5. The zero-order valence-corrected chi connectivity index (χ0v) is 9.56. The maximum atomic E-state index is 13.3. The number of aromatic nitrogens is 2. The topological polar surface area (TPSA) is 42.9 Å². The fourth-order valence-corrected chi connectivity index (χ4v) is 1.87. The van der Waals surface area contributed by atoms with Crippen LogP contribution < -0.4 is 0 Å². The molecule has 3 nitrogen and oxygen atoms in total. The minimum absolute atomic E-state index is 0.0315. The van der Waals surface area contributed by atoms with Gasteiger partial charge in [-0.2, -0.15) is 0 Å². The maximum absolute atomic E-state index is 13.3. The Morgan fingerprint density at radius 3 is 3.00 bits per heavy atom. The van der Waals surface area contributed by atoms with Gasteiger partial charge in [-0.15, -0.1) is 5.10 Å². The lowest BCUT2D eigenvalue weighted by Crippen LogP contribution is -2.03. The van der Waals surface area contributed by atoms with Gasteiger partial charge in [0.1, 0.15) is 10.7 Å². The van der Waals surface area contributed by atoms with Crippen LogP contribution in [-0.2, 0) is 6.42 Å². The monoisotopic (exact) mass is 256 g/mol. The minimum Gasteiger partial charge on any atom is -0.293 e. The predicted octanol–water partition coefficient (Wildman–Crippen LogP) is 2.76. The van der Waals surface area contributed by atoms with Gasteiger partial charge in [0.2, 0.25) is 0 Å². The van der Waals surface area contributed by atoms with Crippen molar-refractivity contribution in [3.05, 3.63) is 45.7 Å². The summed E-state index contributed by atoms with van der Waals surface area (Å²) >= 11 is 6.72. The Morgan fingerprint density at radius 2 is 2.31 bits per heavy atom. The van der Waals surface area contributed by atoms with E-state index < -0.39 is 5.82 Å². The number of rotatable bonds is 3. The number of nitrogens with zero attached hydrogens (tertiary/aromatic N) is 2. The molecule has 0 spiro atoms. The smallest absolute Gasteiger partial charge is 0.180 e. The molecular weight excluding hydrogens is 251 g/mol. The lowest BCUT2D eigenvalue weighted by Gasteiger charge is -2.01. The number of ketones is 1. The van der Waals surface area contributed by atoms with Crippen LogP contribution in [0.15, 0.2) is 24.4 Å². The summed E-state index contributed by atoms with van der Waals surface area (Å²) in [6.07, 6.45) is 1.34. The third-order valence-corrected chi connectivity index (χ3v) is 2.94. The largest absolute Gasteiger partial charge is 0.293 e. The molecule has 1 heterocycles. The first-order valence-corrected chi connectivity index (χ1v) is 5.56. The number of Topliss-reactive ketones (excluding diaryl/α,β-unsaturated/α-hetero) is 1. The summed E-state index contributed by atoms with van der Waals surface area (Å²) in [4.78, 5) is 12.1. The number of carbonyl (C=O) groups is 1. The average molecular weight is 257 g/mol. The van der Waals surface area contributed by atoms with E-state index in [0.717, 1.165) is 11.5 Å². The number of halogens is 2. The van der Waals surface area contributed by atoms with E-state index in [0.29, 0.717) is 9.90 Å². The molecule has 0 atom stereocenters. The van der Waals surface area contributed by atoms with Gasteiger partial charge in [-0.05, 0) is 35.3 Å². The van der Waals surface area contributed by atoms with E-state index in [1.807, 2.05) is 0 Å². The van der Waals surface area contributed by atoms with Crippen LogP contribution in [0.2, 0.25) is 5.02 Å². The summed E-state index contributed by atoms with van der Waals surface area (Å²) in [7, 11) is 0. The highest BCUT2D eigenvalue weighted by atomic mass is 35.5. The fraction of sp³-hybridized carbons (Fsp3) is 0.100. The first-order chi connectivity index (χ1) is 7.66. The van der Waals surface area contributed by atoms with Crippen LogP contribution in [0.4, 0.5) is 4.39 Å². The highest BCUT2D eigenvalue weighted by Crippen LogP contribution is 2.17. The molecule has 1 aromatic heterocycles. The summed E-state index contributed by atoms with van der Waals surface area (Å²) in [5.74, 6) is -0.647. The average Bonchev–Trinajstić information content (AvgIpc) is 2.76. The van der Waals surface area contributed by atoms with E-state index in [2.05, 4.69) is 9.59 Å². The lowest BCUT2D eigenvalue weighted by molar-refractivity contribution is 0.0995. The highest BCUT2D eigenvalue weighted by Gasteiger charge is 2.12. The molecular formula is C10H6ClFN2OS. The Hall–Kier alpha value is -1.33. The quantitative estimate of drug-likeness (QED) is 0.793. The summed E-state index contributed by atoms with van der Waals surface area (Å²) < 4.78 is 16.9. The molecule has 0 saturated heterocycles. The van der Waals surface area contributed by atoms with Gasteiger partial charge in [-0.1, -0.05) is 16.1 Å². The third kappa shape index (κ3) is 2.43. The molecule has 0 amide bonds. The van der Waals surface area contributed by atoms with Gasteiger partial charge in [0.15, 0.2) is 5.78 Å². The molecule has 0 bridgehead atoms. The number of carbonyl (C=O) groups excluding carboxylic acids is 1. The number of hydrogen-bond acceptors (Lipinski definition) is 4. The van der Waals surface area contributed by atoms with Crippen molar-refractivity contribution in [1.82, 2.24) is 9.59 Å². The third-order valence-electron chi connectivity index (χ3n) is 1.99. The molecule has 0 saturated carbocycles. The summed E-state index contributed by atoms with van der Waals surface area (Å²) in [5.41, 5.74) is 0.283. The Balaban J connectivity index is 2.21. The van der Waals surface area contributed by atoms with Crippen LogP contribution in [0, 0.1) is 5.82 Å². The van der Waals surface area contributed by atoms with Crippen molar-refractivity contribution < 1.29 is 9.18 Å². The molecule has 2 rings (SSSR count). The van der Waals surface area contributed by atoms with Crippen molar-refractivity contribution in [1.29, 1.82) is 0 Å². The van der Waals surface area contributed by atoms with Crippen molar-refractivity contribution in [2.45, 2.75) is 6.42 Å². The van der Waals surface area contributed by atoms with Crippen molar-refractivity contribution in [3.63, 3.8) is 0 Å². The molecule has 1 aromatic carbocycles. The predicted molar refractivity (Wildman–Crippen MR) is 59.4 cm³/mol. The number of benzene rings is 1. The molecule has 2 aromatic rings. The summed E-state index contributed by atoms with van der Waals surface area (Å²) in [6, 6.07) is 4.14. The number of hydrogen-bond donors (Lipinski definition) is 0. The summed E-state index contributed by atoms with van der Waals surface area (Å²) in [6.45, 7) is 0. The van der Waals surface area contributed by atoms with Crippen molar-refractivity contribution >= 4 is 28.9 Å². The van der Waals surface area contributed by atoms with Gasteiger partial charge in [-0.3, -0.25) is 4.79 Å². The van der Waals surface area contributed by atoms with Crippen LogP contribution in [-0.4, -0.2) is 15.4 Å². The van der Waals surface area contributed by atoms with Crippen molar-refractivity contribution in [2.24, 2.45) is 0 Å². The van der Waals surface area contributed by atoms with Gasteiger partial charge in [0.05, 0.1) is 6.20 Å². The molecule has 0 fully saturated rings. The van der Waals surface area contributed by atoms with Crippen LogP contribution >= 0.6 is 23.1 Å². The van der Waals surface area contributed by atoms with Gasteiger partial charge in [-0.25, -0.2) is 4.39 Å². The zero-order valence-electron chi connectivity index (χ0n) is 7.98. The Morgan fingerprint density at radius 1 is 1.50 bits per heavy atom. The molecule has 0 aliphatic rings. The van der Waals surface area contributed by atoms with Crippen molar-refractivity contribution in [2.75, 3.05) is 0 Å². The summed E-state index contributed by atoms with van der Waals surface area (Å²) in [5, 5.41) is 3.96. The first-order valence-electron chi connectivity index (χ1n) is 4.41. The second-order valence-corrected chi connectivity index (χ2v) is 4.34. The maximum Gasteiger partial charge on any atom is 0.180 e. The van der Waals surface area contributed by atoms with Gasteiger partial charge < -0.3 is 0 Å². The molecule has 0 aliphatic heterocycles. The Bertz CT molecular complexity index is 516. The molecule has 0 N–H and O–H groups in total. The SMILES string of the molecule is O=C(Cc1cc(Cl)ccc1F)c1cnns1. The van der Waals surface area contributed by atoms with Gasteiger partial charge in [0, 0.05) is 11.4 Å². The standard InChI is InChI=1S/C10H6ClFN2OS/c11-7-1-2-8(12)6(3-7)4-9(15)10-5-13-14-16-10/h1-3,5H,4H2. The normalized spacial score (nSPS) is 10.4. The first kappa shape index (κ1) is 11.2. The molecule has 0 radical (unpaired) electrons. The molecule has 0 unspecified atom stereocenters. The Kier molecular flexibility index (Phi) is 3.26. The second kappa shape index (κ2) is 4.67. The van der Waals surface area contributed by atoms with E-state index in [-0.39, 0.29) is 17.8 Å². The minimum atomic E-state index is -0.435. The van der Waals surface area contributed by atoms with Crippen LogP contribution in [0.1, 0.15) is 15.2 Å². The van der Waals surface area contributed by atoms with Gasteiger partial charge in [0.25, 0.3) is 0 Å². The molecule has 0 aliphatic carbocycles. The van der Waals surface area contributed by atoms with E-state index >= 15 is 0 Å². The Labute approximate surface area is 100 Å². The van der Waals surface area contributed by atoms with E-state index in [9.17, 15) is 9.18 Å². The van der Waals surface area contributed by atoms with E-state index in [1.165, 1.54) is 24.4 Å². The molecule has 16 heavy (non-hydrogen) atoms. The van der Waals surface area contributed by atoms with E-state index in [4.69, 9.17) is 11.6 Å². The second-order valence-electron chi connectivity index (χ2n) is 3.12. The lowest BCUT2D eigenvalue weighted by atomic mass is 10.1. The van der Waals surface area contributed by atoms with Crippen molar-refractivity contribution in [3.8, 4) is 0 Å². The highest BCUT2D eigenvalue weighted by molar-refractivity contribution is 7.07. The molecule has 6 heteroatoms. The fourth-order valence-electron chi connectivity index (χ4n) is 1.23. The van der Waals surface area contributed by atoms with Crippen LogP contribution in [0.25, 0.3) is 0 Å². The van der Waals surface area contributed by atoms with E-state index in [1.54, 1.807) is 0 Å². The molecule has 82 valence electrons. The van der Waals surface area contributed by atoms with Crippen LogP contribution in [0.3, 0.4) is 0 Å².